The van der Waals surface area contributed by atoms with Gasteiger partial charge in [0.05, 0.1) is 12.4 Å². The number of H-pyrrole nitrogens is 1. The molecule has 0 spiro atoms. The lowest BCUT2D eigenvalue weighted by molar-refractivity contribution is 0.894. The minimum Gasteiger partial charge on any atom is -0.274 e. The molecule has 0 saturated carbocycles. The van der Waals surface area contributed by atoms with Gasteiger partial charge < -0.3 is 0 Å². The summed E-state index contributed by atoms with van der Waals surface area (Å²) in [6.45, 7) is 0. The minimum atomic E-state index is 0. The molecule has 0 bridgehead atoms. The maximum Gasteiger partial charge on any atom is 0.134 e. The van der Waals surface area contributed by atoms with Crippen LogP contribution in [0.15, 0.2) is 12.4 Å². The summed E-state index contributed by atoms with van der Waals surface area (Å²) in [5, 5.41) is 17.1. The summed E-state index contributed by atoms with van der Waals surface area (Å²) in [6, 6.07) is 0. The van der Waals surface area contributed by atoms with Crippen LogP contribution in [0.25, 0.3) is 11.0 Å². The number of halogens is 1. The quantitative estimate of drug-likeness (QED) is 0.685. The molecule has 0 radical (unpaired) electrons. The van der Waals surface area contributed by atoms with Gasteiger partial charge in [-0.15, -0.1) is 34.2 Å². The predicted molar refractivity (Wildman–Crippen MR) is 44.9 cm³/mol. The number of aromatic amines is 1. The third-order valence-electron chi connectivity index (χ3n) is 1.04. The zero-order chi connectivity index (χ0) is 6.10. The van der Waals surface area contributed by atoms with E-state index in [1.807, 2.05) is 0 Å². The monoisotopic (exact) mass is 249 g/mol. The molecule has 2 rings (SSSR count). The lowest BCUT2D eigenvalue weighted by Gasteiger charge is -1.78. The number of hydrogen-bond acceptors (Lipinski definition) is 4. The van der Waals surface area contributed by atoms with Gasteiger partial charge in [-0.2, -0.15) is 5.10 Å². The number of nitrogens with one attached hydrogen (secondary N) is 1. The molecule has 0 atom stereocenters. The van der Waals surface area contributed by atoms with E-state index in [9.17, 15) is 0 Å². The number of aromatic nitrogens is 5. The second kappa shape index (κ2) is 2.86. The average molecular weight is 249 g/mol. The van der Waals surface area contributed by atoms with Crippen molar-refractivity contribution in [2.75, 3.05) is 0 Å². The zero-order valence-electron chi connectivity index (χ0n) is 4.85. The maximum atomic E-state index is 3.73. The molecule has 0 aromatic carbocycles. The van der Waals surface area contributed by atoms with Gasteiger partial charge in [-0.05, 0) is 5.21 Å². The molecule has 0 saturated heterocycles. The second-order valence-corrected chi connectivity index (χ2v) is 1.60. The normalized spacial score (nSPS) is 9.20. The highest BCUT2D eigenvalue weighted by molar-refractivity contribution is 14.0. The smallest absolute Gasteiger partial charge is 0.134 e. The van der Waals surface area contributed by atoms with Gasteiger partial charge in [-0.25, -0.2) is 0 Å². The Kier molecular flexibility index (Phi) is 2.10. The van der Waals surface area contributed by atoms with Crippen LogP contribution < -0.4 is 0 Å². The SMILES string of the molecule is I.c1n[nH]c2cnnnc12. The van der Waals surface area contributed by atoms with Crippen LogP contribution in [-0.4, -0.2) is 25.6 Å². The van der Waals surface area contributed by atoms with Gasteiger partial charge in [0, 0.05) is 0 Å². The molecule has 2 aromatic rings. The minimum absolute atomic E-state index is 0. The summed E-state index contributed by atoms with van der Waals surface area (Å²) < 4.78 is 0. The molecule has 10 heavy (non-hydrogen) atoms. The standard InChI is InChI=1S/C4H3N5.HI/c1-4-3(7-5-1)2-6-9-8-4;/h1-2H,(H,5,7);1H. The summed E-state index contributed by atoms with van der Waals surface area (Å²) in [6.07, 6.45) is 3.18. The Morgan fingerprint density at radius 3 is 3.00 bits per heavy atom. The van der Waals surface area contributed by atoms with Gasteiger partial charge in [-0.3, -0.25) is 5.10 Å². The molecule has 1 N–H and O–H groups in total. The van der Waals surface area contributed by atoms with Crippen molar-refractivity contribution in [1.29, 1.82) is 0 Å². The lowest BCUT2D eigenvalue weighted by atomic mass is 10.5. The van der Waals surface area contributed by atoms with Crippen LogP contribution in [0.4, 0.5) is 0 Å². The zero-order valence-corrected chi connectivity index (χ0v) is 7.18. The maximum absolute atomic E-state index is 3.73. The largest absolute Gasteiger partial charge is 0.274 e. The second-order valence-electron chi connectivity index (χ2n) is 1.60. The van der Waals surface area contributed by atoms with E-state index in [4.69, 9.17) is 0 Å². The highest BCUT2D eigenvalue weighted by Gasteiger charge is 1.92. The highest BCUT2D eigenvalue weighted by Crippen LogP contribution is 1.99. The van der Waals surface area contributed by atoms with Crippen molar-refractivity contribution in [1.82, 2.24) is 25.6 Å². The van der Waals surface area contributed by atoms with E-state index in [0.717, 1.165) is 11.0 Å². The molecular weight excluding hydrogens is 245 g/mol. The first-order valence-electron chi connectivity index (χ1n) is 2.44. The van der Waals surface area contributed by atoms with E-state index in [1.165, 1.54) is 0 Å². The Morgan fingerprint density at radius 1 is 1.30 bits per heavy atom. The highest BCUT2D eigenvalue weighted by atomic mass is 127. The van der Waals surface area contributed by atoms with Gasteiger partial charge in [0.2, 0.25) is 0 Å². The third kappa shape index (κ3) is 1.06. The molecule has 52 valence electrons. The Balaban J connectivity index is 0.000000500. The molecule has 0 amide bonds. The molecular formula is C4H4IN5. The average Bonchev–Trinajstić information content (AvgIpc) is 2.33. The number of rotatable bonds is 0. The third-order valence-corrected chi connectivity index (χ3v) is 1.04. The van der Waals surface area contributed by atoms with Crippen LogP contribution in [0.1, 0.15) is 0 Å². The topological polar surface area (TPSA) is 67.3 Å². The van der Waals surface area contributed by atoms with Crippen LogP contribution in [0, 0.1) is 0 Å². The lowest BCUT2D eigenvalue weighted by Crippen LogP contribution is -1.83. The fraction of sp³-hybridized carbons (Fsp3) is 0. The first-order chi connectivity index (χ1) is 4.47. The van der Waals surface area contributed by atoms with Crippen molar-refractivity contribution < 1.29 is 0 Å². The van der Waals surface area contributed by atoms with Crippen LogP contribution in [0.5, 0.6) is 0 Å². The number of nitrogens with zero attached hydrogens (tertiary/aromatic N) is 4. The van der Waals surface area contributed by atoms with Crippen molar-refractivity contribution >= 4 is 35.0 Å². The van der Waals surface area contributed by atoms with Gasteiger partial charge in [0.15, 0.2) is 0 Å². The van der Waals surface area contributed by atoms with Crippen LogP contribution in [0.2, 0.25) is 0 Å². The summed E-state index contributed by atoms with van der Waals surface area (Å²) in [4.78, 5) is 0. The van der Waals surface area contributed by atoms with E-state index in [1.54, 1.807) is 12.4 Å². The predicted octanol–water partition coefficient (Wildman–Crippen LogP) is 0.366. The first-order valence-corrected chi connectivity index (χ1v) is 2.44. The van der Waals surface area contributed by atoms with Crippen LogP contribution >= 0.6 is 24.0 Å². The van der Waals surface area contributed by atoms with Crippen molar-refractivity contribution in [3.05, 3.63) is 12.4 Å². The Hall–Kier alpha value is -0.790. The molecule has 0 aliphatic rings. The van der Waals surface area contributed by atoms with Gasteiger partial charge in [-0.1, -0.05) is 0 Å². The van der Waals surface area contributed by atoms with Gasteiger partial charge in [0.1, 0.15) is 11.0 Å². The Bertz CT molecular complexity index is 288. The molecule has 5 nitrogen and oxygen atoms in total. The molecule has 0 aliphatic carbocycles. The number of fused-ring (bicyclic) bond motifs is 1. The summed E-state index contributed by atoms with van der Waals surface area (Å²) >= 11 is 0. The molecule has 0 aliphatic heterocycles. The summed E-state index contributed by atoms with van der Waals surface area (Å²) in [7, 11) is 0. The van der Waals surface area contributed by atoms with Crippen molar-refractivity contribution in [2.24, 2.45) is 0 Å². The van der Waals surface area contributed by atoms with Crippen molar-refractivity contribution in [3.63, 3.8) is 0 Å². The van der Waals surface area contributed by atoms with Gasteiger partial charge in [0.25, 0.3) is 0 Å². The Labute approximate surface area is 73.2 Å². The van der Waals surface area contributed by atoms with Crippen molar-refractivity contribution in [2.45, 2.75) is 0 Å². The van der Waals surface area contributed by atoms with E-state index >= 15 is 0 Å². The molecule has 0 unspecified atom stereocenters. The van der Waals surface area contributed by atoms with E-state index in [2.05, 4.69) is 25.6 Å². The molecule has 2 aromatic heterocycles. The molecule has 6 heteroatoms. The molecule has 0 fully saturated rings. The summed E-state index contributed by atoms with van der Waals surface area (Å²) in [5.74, 6) is 0. The van der Waals surface area contributed by atoms with Crippen LogP contribution in [0.3, 0.4) is 0 Å². The van der Waals surface area contributed by atoms with Gasteiger partial charge >= 0.3 is 0 Å². The fourth-order valence-corrected chi connectivity index (χ4v) is 0.622. The summed E-state index contributed by atoms with van der Waals surface area (Å²) in [5.41, 5.74) is 1.55. The van der Waals surface area contributed by atoms with E-state index in [0.29, 0.717) is 0 Å². The van der Waals surface area contributed by atoms with E-state index < -0.39 is 0 Å². The van der Waals surface area contributed by atoms with Crippen LogP contribution in [-0.2, 0) is 0 Å². The fourth-order valence-electron chi connectivity index (χ4n) is 0.622. The first kappa shape index (κ1) is 7.32. The van der Waals surface area contributed by atoms with Crippen molar-refractivity contribution in [3.8, 4) is 0 Å². The number of hydrogen-bond donors (Lipinski definition) is 1. The Morgan fingerprint density at radius 2 is 2.20 bits per heavy atom. The molecule has 2 heterocycles. The van der Waals surface area contributed by atoms with E-state index in [-0.39, 0.29) is 24.0 Å².